The van der Waals surface area contributed by atoms with Crippen LogP contribution in [0, 0.1) is 5.92 Å². The van der Waals surface area contributed by atoms with E-state index in [1.807, 2.05) is 52.3 Å². The van der Waals surface area contributed by atoms with Crippen LogP contribution in [0.15, 0.2) is 97.1 Å². The number of ether oxygens (including phenoxy) is 5. The number of nitrogens with zero attached hydrogens (tertiary/aromatic N) is 4. The summed E-state index contributed by atoms with van der Waals surface area (Å²) in [5, 5.41) is 0. The van der Waals surface area contributed by atoms with E-state index in [4.69, 9.17) is 23.7 Å². The number of benzene rings is 4. The second-order valence-electron chi connectivity index (χ2n) is 16.3. The topological polar surface area (TPSA) is 93.3 Å². The third-order valence-corrected chi connectivity index (χ3v) is 14.3. The van der Waals surface area contributed by atoms with Crippen molar-refractivity contribution in [3.63, 3.8) is 0 Å². The molecule has 0 aromatic heterocycles. The quantitative estimate of drug-likeness (QED) is 0.272. The van der Waals surface area contributed by atoms with Gasteiger partial charge in [0.2, 0.25) is 0 Å². The Morgan fingerprint density at radius 3 is 1.80 bits per heavy atom. The fraction of sp³-hybridized carbons (Fsp3) is 0.409. The third kappa shape index (κ3) is 3.86. The molecular weight excluding hydrogens is 697 g/mol. The van der Waals surface area contributed by atoms with Crippen molar-refractivity contribution in [2.75, 3.05) is 48.0 Å². The Balaban J connectivity index is 1.18. The van der Waals surface area contributed by atoms with Gasteiger partial charge in [0.1, 0.15) is 22.8 Å². The molecule has 4 aromatic rings. The summed E-state index contributed by atoms with van der Waals surface area (Å²) < 4.78 is 31.9. The van der Waals surface area contributed by atoms with Crippen molar-refractivity contribution < 1.29 is 33.3 Å². The zero-order valence-corrected chi connectivity index (χ0v) is 31.5. The van der Waals surface area contributed by atoms with Crippen LogP contribution in [0.5, 0.6) is 11.5 Å². The molecule has 2 amide bonds. The summed E-state index contributed by atoms with van der Waals surface area (Å²) in [4.78, 5) is 38.2. The van der Waals surface area contributed by atoms with Gasteiger partial charge < -0.3 is 43.3 Å². The number of carbonyl (C=O) groups is 2. The maximum atomic E-state index is 14.8. The number of amides is 2. The number of hydrogen-bond acceptors (Lipinski definition) is 9. The summed E-state index contributed by atoms with van der Waals surface area (Å²) in [6.07, 6.45) is 0.456. The van der Waals surface area contributed by atoms with E-state index in [0.29, 0.717) is 19.3 Å². The lowest BCUT2D eigenvalue weighted by molar-refractivity contribution is -0.142. The zero-order valence-electron chi connectivity index (χ0n) is 31.5. The summed E-state index contributed by atoms with van der Waals surface area (Å²) >= 11 is 0. The lowest BCUT2D eigenvalue weighted by atomic mass is 9.70. The van der Waals surface area contributed by atoms with Gasteiger partial charge in [-0.15, -0.1) is 0 Å². The molecule has 10 atom stereocenters. The van der Waals surface area contributed by atoms with E-state index in [1.165, 1.54) is 0 Å². The number of hydrogen-bond donors (Lipinski definition) is 0. The van der Waals surface area contributed by atoms with Gasteiger partial charge in [0.15, 0.2) is 12.2 Å². The van der Waals surface area contributed by atoms with Crippen LogP contribution in [0.25, 0.3) is 0 Å². The highest BCUT2D eigenvalue weighted by molar-refractivity contribution is 6.05. The number of methoxy groups -OCH3 is 4. The first-order valence-corrected chi connectivity index (χ1v) is 19.2. The summed E-state index contributed by atoms with van der Waals surface area (Å²) in [5.74, 6) is 1.27. The molecule has 4 aromatic carbocycles. The standard InChI is InChI=1S/C44H44N4O7/c1-42-24-44(31-22-25-10-6-8-12-32(25)45-34(31)35(37(53-4)40(45)49)48(44)28-16-20-30(52-3)21-17-28)55-43(42)23-26-11-7-9-13-33(26)46-39(43)36(38(54-5)41(46)50)47(42)27-14-18-29(51-2)19-15-27/h6-21,31,34-39H,22-24H2,1-5H3/t31-,34-,35+,36-,37+,38+,39+,42+,43+,44+/m0/s1. The van der Waals surface area contributed by atoms with Gasteiger partial charge in [0.25, 0.3) is 11.8 Å². The largest absolute Gasteiger partial charge is 0.497 e. The molecule has 0 bridgehead atoms. The van der Waals surface area contributed by atoms with Gasteiger partial charge in [-0.2, -0.15) is 0 Å². The Bertz CT molecular complexity index is 2250. The Morgan fingerprint density at radius 1 is 0.636 bits per heavy atom. The van der Waals surface area contributed by atoms with E-state index >= 15 is 0 Å². The van der Waals surface area contributed by atoms with Crippen molar-refractivity contribution in [2.45, 2.75) is 79.4 Å². The fourth-order valence-corrected chi connectivity index (χ4v) is 12.4. The van der Waals surface area contributed by atoms with Crippen molar-refractivity contribution in [2.24, 2.45) is 5.92 Å². The SMILES string of the molecule is COc1ccc(N2[C@H]3[C@@H](OC)C(=O)N4c5ccccc5C[C@@]5(O[C@]6(C[C@@]25C)[C@H]2Cc5ccccc5N5C(=O)[C@H](OC)[C@@H]([C@H]25)N6c2ccc(OC)cc2)[C@@H]34)cc1. The summed E-state index contributed by atoms with van der Waals surface area (Å²) in [6, 6.07) is 31.5. The van der Waals surface area contributed by atoms with Gasteiger partial charge in [0.05, 0.1) is 43.9 Å². The van der Waals surface area contributed by atoms with E-state index in [1.54, 1.807) is 28.4 Å². The summed E-state index contributed by atoms with van der Waals surface area (Å²) in [6.45, 7) is 2.33. The predicted molar refractivity (Wildman–Crippen MR) is 206 cm³/mol. The Labute approximate surface area is 320 Å². The number of carbonyl (C=O) groups excluding carboxylic acids is 2. The first-order valence-electron chi connectivity index (χ1n) is 19.2. The minimum atomic E-state index is -0.927. The normalized spacial score (nSPS) is 35.9. The summed E-state index contributed by atoms with van der Waals surface area (Å²) in [7, 11) is 6.62. The van der Waals surface area contributed by atoms with Crippen LogP contribution < -0.4 is 29.1 Å². The molecule has 7 aliphatic heterocycles. The second-order valence-corrected chi connectivity index (χ2v) is 16.3. The minimum absolute atomic E-state index is 0.0346. The molecule has 2 spiro atoms. The van der Waals surface area contributed by atoms with Crippen LogP contribution in [0.2, 0.25) is 0 Å². The van der Waals surface area contributed by atoms with Crippen LogP contribution >= 0.6 is 0 Å². The first kappa shape index (κ1) is 33.3. The van der Waals surface area contributed by atoms with Gasteiger partial charge in [-0.3, -0.25) is 9.59 Å². The van der Waals surface area contributed by atoms with Crippen LogP contribution in [0.4, 0.5) is 22.7 Å². The Morgan fingerprint density at radius 2 is 1.18 bits per heavy atom. The van der Waals surface area contributed by atoms with Crippen molar-refractivity contribution in [3.05, 3.63) is 108 Å². The predicted octanol–water partition coefficient (Wildman–Crippen LogP) is 4.98. The highest BCUT2D eigenvalue weighted by Crippen LogP contribution is 2.70. The van der Waals surface area contributed by atoms with E-state index in [-0.39, 0.29) is 41.9 Å². The van der Waals surface area contributed by atoms with Crippen LogP contribution in [0.3, 0.4) is 0 Å². The minimum Gasteiger partial charge on any atom is -0.497 e. The van der Waals surface area contributed by atoms with Crippen LogP contribution in [0.1, 0.15) is 24.5 Å². The molecule has 0 aliphatic carbocycles. The van der Waals surface area contributed by atoms with Crippen LogP contribution in [-0.4, -0.2) is 93.5 Å². The lowest BCUT2D eigenvalue weighted by Crippen LogP contribution is -2.64. The molecular formula is C44H44N4O7. The maximum Gasteiger partial charge on any atom is 0.258 e. The van der Waals surface area contributed by atoms with Gasteiger partial charge in [-0.25, -0.2) is 0 Å². The number of rotatable bonds is 6. The smallest absolute Gasteiger partial charge is 0.258 e. The molecule has 55 heavy (non-hydrogen) atoms. The van der Waals surface area contributed by atoms with Crippen LogP contribution in [-0.2, 0) is 36.6 Å². The lowest BCUT2D eigenvalue weighted by Gasteiger charge is -2.50. The molecule has 11 rings (SSSR count). The average molecular weight is 741 g/mol. The molecule has 11 heteroatoms. The molecule has 0 saturated carbocycles. The van der Waals surface area contributed by atoms with Gasteiger partial charge in [0, 0.05) is 55.7 Å². The molecule has 7 aliphatic rings. The van der Waals surface area contributed by atoms with Crippen molar-refractivity contribution in [1.82, 2.24) is 0 Å². The molecule has 5 fully saturated rings. The average Bonchev–Trinajstić information content (AvgIpc) is 3.90. The fourth-order valence-electron chi connectivity index (χ4n) is 12.4. The van der Waals surface area contributed by atoms with E-state index in [2.05, 4.69) is 71.3 Å². The molecule has 5 saturated heterocycles. The van der Waals surface area contributed by atoms with Crippen molar-refractivity contribution in [3.8, 4) is 11.5 Å². The van der Waals surface area contributed by atoms with Gasteiger partial charge >= 0.3 is 0 Å². The molecule has 11 nitrogen and oxygen atoms in total. The molecule has 0 N–H and O–H groups in total. The molecule has 0 unspecified atom stereocenters. The first-order chi connectivity index (χ1) is 26.7. The molecule has 282 valence electrons. The van der Waals surface area contributed by atoms with E-state index < -0.39 is 29.1 Å². The monoisotopic (exact) mass is 740 g/mol. The number of anilines is 4. The zero-order chi connectivity index (χ0) is 37.6. The van der Waals surface area contributed by atoms with Crippen molar-refractivity contribution in [1.29, 1.82) is 0 Å². The Kier molecular flexibility index (Phi) is 6.80. The summed E-state index contributed by atoms with van der Waals surface area (Å²) in [5.41, 5.74) is 3.45. The van der Waals surface area contributed by atoms with Crippen molar-refractivity contribution >= 4 is 34.6 Å². The van der Waals surface area contributed by atoms with E-state index in [9.17, 15) is 9.59 Å². The molecule has 7 heterocycles. The number of fused-ring (bicyclic) bond motifs is 5. The Hall–Kier alpha value is -5.10. The molecule has 0 radical (unpaired) electrons. The maximum absolute atomic E-state index is 14.8. The second kappa shape index (κ2) is 11.2. The highest BCUT2D eigenvalue weighted by atomic mass is 16.6. The van der Waals surface area contributed by atoms with Gasteiger partial charge in [-0.05, 0) is 85.1 Å². The highest BCUT2D eigenvalue weighted by Gasteiger charge is 2.85. The number of para-hydroxylation sites is 2. The van der Waals surface area contributed by atoms with E-state index in [0.717, 1.165) is 45.4 Å². The third-order valence-electron chi connectivity index (χ3n) is 14.3. The van der Waals surface area contributed by atoms with Gasteiger partial charge in [-0.1, -0.05) is 36.4 Å².